The summed E-state index contributed by atoms with van der Waals surface area (Å²) in [5.74, 6) is 0. The fraction of sp³-hybridized carbons (Fsp3) is 0.588. The fourth-order valence-electron chi connectivity index (χ4n) is 2.52. The van der Waals surface area contributed by atoms with Crippen LogP contribution in [0.15, 0.2) is 30.3 Å². The molecule has 4 nitrogen and oxygen atoms in total. The van der Waals surface area contributed by atoms with Crippen LogP contribution in [0.2, 0.25) is 0 Å². The zero-order valence-electron chi connectivity index (χ0n) is 12.9. The molecule has 0 aromatic heterocycles. The van der Waals surface area contributed by atoms with Gasteiger partial charge in [0.15, 0.2) is 0 Å². The Morgan fingerprint density at radius 2 is 2.00 bits per heavy atom. The lowest BCUT2D eigenvalue weighted by Gasteiger charge is -2.31. The molecule has 0 bridgehead atoms. The molecule has 1 aromatic rings. The normalized spacial score (nSPS) is 16.0. The van der Waals surface area contributed by atoms with Gasteiger partial charge in [-0.1, -0.05) is 43.7 Å². The SMILES string of the molecule is CCCCOC(=O)N1CCC(NCc2ccccc2)CC1. The van der Waals surface area contributed by atoms with E-state index in [0.717, 1.165) is 45.3 Å². The van der Waals surface area contributed by atoms with E-state index in [9.17, 15) is 4.79 Å². The van der Waals surface area contributed by atoms with E-state index in [1.54, 1.807) is 0 Å². The van der Waals surface area contributed by atoms with Crippen molar-refractivity contribution >= 4 is 6.09 Å². The molecule has 4 heteroatoms. The number of ether oxygens (including phenoxy) is 1. The predicted molar refractivity (Wildman–Crippen MR) is 84.1 cm³/mol. The summed E-state index contributed by atoms with van der Waals surface area (Å²) in [6.45, 7) is 5.11. The van der Waals surface area contributed by atoms with E-state index >= 15 is 0 Å². The maximum absolute atomic E-state index is 11.8. The molecule has 2 rings (SSSR count). The number of nitrogens with zero attached hydrogens (tertiary/aromatic N) is 1. The smallest absolute Gasteiger partial charge is 0.409 e. The summed E-state index contributed by atoms with van der Waals surface area (Å²) in [5.41, 5.74) is 1.30. The molecular weight excluding hydrogens is 264 g/mol. The first-order chi connectivity index (χ1) is 10.3. The van der Waals surface area contributed by atoms with Crippen molar-refractivity contribution in [3.05, 3.63) is 35.9 Å². The Labute approximate surface area is 127 Å². The lowest BCUT2D eigenvalue weighted by Crippen LogP contribution is -2.45. The number of benzene rings is 1. The molecular formula is C17H26N2O2. The van der Waals surface area contributed by atoms with Gasteiger partial charge in [0, 0.05) is 25.7 Å². The Morgan fingerprint density at radius 3 is 2.67 bits per heavy atom. The minimum absolute atomic E-state index is 0.148. The number of unbranched alkanes of at least 4 members (excludes halogenated alkanes) is 1. The highest BCUT2D eigenvalue weighted by Crippen LogP contribution is 2.12. The number of carbonyl (C=O) groups excluding carboxylic acids is 1. The highest BCUT2D eigenvalue weighted by atomic mass is 16.6. The minimum atomic E-state index is -0.148. The summed E-state index contributed by atoms with van der Waals surface area (Å²) in [7, 11) is 0. The van der Waals surface area contributed by atoms with Crippen molar-refractivity contribution < 1.29 is 9.53 Å². The Bertz CT molecular complexity index is 414. The summed E-state index contributed by atoms with van der Waals surface area (Å²) in [4.78, 5) is 13.7. The van der Waals surface area contributed by atoms with Gasteiger partial charge in [0.25, 0.3) is 0 Å². The standard InChI is InChI=1S/C17H26N2O2/c1-2-3-13-21-17(20)19-11-9-16(10-12-19)18-14-15-7-5-4-6-8-15/h4-8,16,18H,2-3,9-14H2,1H3. The lowest BCUT2D eigenvalue weighted by molar-refractivity contribution is 0.0897. The van der Waals surface area contributed by atoms with E-state index in [4.69, 9.17) is 4.74 Å². The second-order valence-corrected chi connectivity index (χ2v) is 5.60. The first kappa shape index (κ1) is 15.8. The van der Waals surface area contributed by atoms with E-state index in [1.165, 1.54) is 5.56 Å². The average Bonchev–Trinajstić information content (AvgIpc) is 2.54. The van der Waals surface area contributed by atoms with Gasteiger partial charge in [-0.05, 0) is 24.8 Å². The van der Waals surface area contributed by atoms with Gasteiger partial charge in [0.05, 0.1) is 6.61 Å². The van der Waals surface area contributed by atoms with E-state index < -0.39 is 0 Å². The first-order valence-corrected chi connectivity index (χ1v) is 7.98. The summed E-state index contributed by atoms with van der Waals surface area (Å²) < 4.78 is 5.25. The minimum Gasteiger partial charge on any atom is -0.449 e. The molecule has 1 aliphatic heterocycles. The molecule has 0 saturated carbocycles. The zero-order valence-corrected chi connectivity index (χ0v) is 12.9. The summed E-state index contributed by atoms with van der Waals surface area (Å²) in [6.07, 6.45) is 3.84. The van der Waals surface area contributed by atoms with Crippen molar-refractivity contribution in [3.8, 4) is 0 Å². The van der Waals surface area contributed by atoms with E-state index in [-0.39, 0.29) is 6.09 Å². The van der Waals surface area contributed by atoms with Crippen molar-refractivity contribution in [1.29, 1.82) is 0 Å². The molecule has 0 aliphatic carbocycles. The van der Waals surface area contributed by atoms with Gasteiger partial charge < -0.3 is 15.0 Å². The van der Waals surface area contributed by atoms with Crippen LogP contribution in [0.5, 0.6) is 0 Å². The third kappa shape index (κ3) is 5.38. The van der Waals surface area contributed by atoms with Gasteiger partial charge in [-0.15, -0.1) is 0 Å². The highest BCUT2D eigenvalue weighted by Gasteiger charge is 2.23. The topological polar surface area (TPSA) is 41.6 Å². The van der Waals surface area contributed by atoms with E-state index in [2.05, 4.69) is 36.5 Å². The molecule has 116 valence electrons. The fourth-order valence-corrected chi connectivity index (χ4v) is 2.52. The highest BCUT2D eigenvalue weighted by molar-refractivity contribution is 5.67. The molecule has 0 unspecified atom stereocenters. The molecule has 1 amide bonds. The number of hydrogen-bond donors (Lipinski definition) is 1. The van der Waals surface area contributed by atoms with Gasteiger partial charge in [-0.3, -0.25) is 0 Å². The van der Waals surface area contributed by atoms with Crippen molar-refractivity contribution in [3.63, 3.8) is 0 Å². The molecule has 1 aromatic carbocycles. The Morgan fingerprint density at radius 1 is 1.29 bits per heavy atom. The van der Waals surface area contributed by atoms with Gasteiger partial charge in [0.1, 0.15) is 0 Å². The van der Waals surface area contributed by atoms with Crippen molar-refractivity contribution in [2.24, 2.45) is 0 Å². The molecule has 1 fully saturated rings. The lowest BCUT2D eigenvalue weighted by atomic mass is 10.0. The van der Waals surface area contributed by atoms with Crippen LogP contribution in [0.25, 0.3) is 0 Å². The van der Waals surface area contributed by atoms with Crippen LogP contribution in [-0.2, 0) is 11.3 Å². The predicted octanol–water partition coefficient (Wildman–Crippen LogP) is 3.18. The van der Waals surface area contributed by atoms with Crippen LogP contribution in [0.4, 0.5) is 4.79 Å². The van der Waals surface area contributed by atoms with Crippen LogP contribution in [0, 0.1) is 0 Å². The second kappa shape index (κ2) is 8.67. The number of nitrogens with one attached hydrogen (secondary N) is 1. The van der Waals surface area contributed by atoms with Crippen molar-refractivity contribution in [1.82, 2.24) is 10.2 Å². The van der Waals surface area contributed by atoms with Crippen LogP contribution < -0.4 is 5.32 Å². The molecule has 1 aliphatic rings. The molecule has 0 atom stereocenters. The number of likely N-dealkylation sites (tertiary alicyclic amines) is 1. The van der Waals surface area contributed by atoms with Crippen LogP contribution in [0.3, 0.4) is 0 Å². The molecule has 1 heterocycles. The number of hydrogen-bond acceptors (Lipinski definition) is 3. The number of amides is 1. The quantitative estimate of drug-likeness (QED) is 0.818. The number of piperidine rings is 1. The van der Waals surface area contributed by atoms with Gasteiger partial charge in [-0.25, -0.2) is 4.79 Å². The van der Waals surface area contributed by atoms with E-state index in [1.807, 2.05) is 11.0 Å². The third-order valence-corrected chi connectivity index (χ3v) is 3.91. The monoisotopic (exact) mass is 290 g/mol. The van der Waals surface area contributed by atoms with Crippen molar-refractivity contribution in [2.45, 2.75) is 45.2 Å². The average molecular weight is 290 g/mol. The zero-order chi connectivity index (χ0) is 14.9. The second-order valence-electron chi connectivity index (χ2n) is 5.60. The van der Waals surface area contributed by atoms with Gasteiger partial charge in [-0.2, -0.15) is 0 Å². The summed E-state index contributed by atoms with van der Waals surface area (Å²) in [6, 6.07) is 10.9. The maximum atomic E-state index is 11.8. The largest absolute Gasteiger partial charge is 0.449 e. The Balaban J connectivity index is 1.65. The van der Waals surface area contributed by atoms with Crippen LogP contribution in [0.1, 0.15) is 38.2 Å². The van der Waals surface area contributed by atoms with Crippen molar-refractivity contribution in [2.75, 3.05) is 19.7 Å². The first-order valence-electron chi connectivity index (χ1n) is 7.98. The number of rotatable bonds is 6. The molecule has 0 radical (unpaired) electrons. The summed E-state index contributed by atoms with van der Waals surface area (Å²) >= 11 is 0. The molecule has 1 saturated heterocycles. The summed E-state index contributed by atoms with van der Waals surface area (Å²) in [5, 5.41) is 3.57. The van der Waals surface area contributed by atoms with Crippen LogP contribution in [-0.4, -0.2) is 36.7 Å². The number of carbonyl (C=O) groups is 1. The Hall–Kier alpha value is -1.55. The Kier molecular flexibility index (Phi) is 6.54. The third-order valence-electron chi connectivity index (χ3n) is 3.91. The van der Waals surface area contributed by atoms with Crippen LogP contribution >= 0.6 is 0 Å². The van der Waals surface area contributed by atoms with Gasteiger partial charge in [0.2, 0.25) is 0 Å². The van der Waals surface area contributed by atoms with E-state index in [0.29, 0.717) is 12.6 Å². The maximum Gasteiger partial charge on any atom is 0.409 e. The van der Waals surface area contributed by atoms with Gasteiger partial charge >= 0.3 is 6.09 Å². The molecule has 1 N–H and O–H groups in total. The molecule has 0 spiro atoms. The molecule has 21 heavy (non-hydrogen) atoms.